The van der Waals surface area contributed by atoms with Gasteiger partial charge >= 0.3 is 0 Å². The van der Waals surface area contributed by atoms with E-state index in [1.165, 1.54) is 0 Å². The van der Waals surface area contributed by atoms with Crippen molar-refractivity contribution in [2.24, 2.45) is 5.41 Å². The van der Waals surface area contributed by atoms with Gasteiger partial charge in [-0.15, -0.1) is 0 Å². The SMILES string of the molecule is CN(C)c1cccc(NC(=O)C2(C)CNC(=O)C2)c1. The van der Waals surface area contributed by atoms with Gasteiger partial charge in [0.1, 0.15) is 0 Å². The van der Waals surface area contributed by atoms with Gasteiger partial charge in [0, 0.05) is 38.4 Å². The molecule has 1 saturated heterocycles. The van der Waals surface area contributed by atoms with E-state index in [9.17, 15) is 9.59 Å². The summed E-state index contributed by atoms with van der Waals surface area (Å²) in [6.07, 6.45) is 0.242. The summed E-state index contributed by atoms with van der Waals surface area (Å²) in [6.45, 7) is 2.20. The second-order valence-electron chi connectivity index (χ2n) is 5.41. The Labute approximate surface area is 113 Å². The van der Waals surface area contributed by atoms with Crippen LogP contribution in [0.1, 0.15) is 13.3 Å². The first-order valence-corrected chi connectivity index (χ1v) is 6.26. The molecule has 0 radical (unpaired) electrons. The van der Waals surface area contributed by atoms with Gasteiger partial charge in [-0.3, -0.25) is 9.59 Å². The Morgan fingerprint density at radius 2 is 2.16 bits per heavy atom. The number of carbonyl (C=O) groups excluding carboxylic acids is 2. The molecule has 1 atom stereocenters. The fraction of sp³-hybridized carbons (Fsp3) is 0.429. The van der Waals surface area contributed by atoms with Gasteiger partial charge in [-0.25, -0.2) is 0 Å². The Kier molecular flexibility index (Phi) is 3.46. The van der Waals surface area contributed by atoms with E-state index in [2.05, 4.69) is 10.6 Å². The smallest absolute Gasteiger partial charge is 0.232 e. The zero-order valence-corrected chi connectivity index (χ0v) is 11.5. The lowest BCUT2D eigenvalue weighted by Gasteiger charge is -2.21. The lowest BCUT2D eigenvalue weighted by atomic mass is 9.88. The highest BCUT2D eigenvalue weighted by Crippen LogP contribution is 2.27. The number of amides is 2. The van der Waals surface area contributed by atoms with Gasteiger partial charge in [0.15, 0.2) is 0 Å². The molecule has 19 heavy (non-hydrogen) atoms. The van der Waals surface area contributed by atoms with Gasteiger partial charge in [0.05, 0.1) is 5.41 Å². The fourth-order valence-corrected chi connectivity index (χ4v) is 2.08. The Morgan fingerprint density at radius 3 is 2.74 bits per heavy atom. The molecule has 1 aliphatic rings. The highest BCUT2D eigenvalue weighted by atomic mass is 16.2. The molecule has 0 aromatic heterocycles. The van der Waals surface area contributed by atoms with Crippen LogP contribution >= 0.6 is 0 Å². The van der Waals surface area contributed by atoms with E-state index in [0.29, 0.717) is 6.54 Å². The van der Waals surface area contributed by atoms with E-state index < -0.39 is 5.41 Å². The normalized spacial score (nSPS) is 21.9. The standard InChI is InChI=1S/C14H19N3O2/c1-14(8-12(18)15-9-14)13(19)16-10-5-4-6-11(7-10)17(2)3/h4-7H,8-9H2,1-3H3,(H,15,18)(H,16,19). The van der Waals surface area contributed by atoms with Crippen molar-refractivity contribution in [1.82, 2.24) is 5.32 Å². The largest absolute Gasteiger partial charge is 0.378 e. The third-order valence-corrected chi connectivity index (χ3v) is 3.40. The second kappa shape index (κ2) is 4.91. The molecule has 2 amide bonds. The van der Waals surface area contributed by atoms with Crippen molar-refractivity contribution in [3.63, 3.8) is 0 Å². The molecule has 5 heteroatoms. The van der Waals surface area contributed by atoms with Crippen LogP contribution in [0.4, 0.5) is 11.4 Å². The second-order valence-corrected chi connectivity index (χ2v) is 5.41. The van der Waals surface area contributed by atoms with Crippen LogP contribution in [-0.2, 0) is 9.59 Å². The van der Waals surface area contributed by atoms with Crippen LogP contribution in [0.3, 0.4) is 0 Å². The maximum atomic E-state index is 12.2. The average Bonchev–Trinajstić information content (AvgIpc) is 2.71. The Hall–Kier alpha value is -2.04. The van der Waals surface area contributed by atoms with Crippen LogP contribution in [0.15, 0.2) is 24.3 Å². The van der Waals surface area contributed by atoms with E-state index in [1.54, 1.807) is 6.92 Å². The molecule has 0 aliphatic carbocycles. The monoisotopic (exact) mass is 261 g/mol. The number of rotatable bonds is 3. The molecular formula is C14H19N3O2. The summed E-state index contributed by atoms with van der Waals surface area (Å²) in [7, 11) is 3.89. The lowest BCUT2D eigenvalue weighted by molar-refractivity contribution is -0.126. The van der Waals surface area contributed by atoms with E-state index in [0.717, 1.165) is 11.4 Å². The molecule has 102 valence electrons. The first-order valence-electron chi connectivity index (χ1n) is 6.26. The van der Waals surface area contributed by atoms with Crippen molar-refractivity contribution < 1.29 is 9.59 Å². The molecule has 0 bridgehead atoms. The lowest BCUT2D eigenvalue weighted by Crippen LogP contribution is -2.35. The van der Waals surface area contributed by atoms with Crippen LogP contribution in [0.5, 0.6) is 0 Å². The average molecular weight is 261 g/mol. The van der Waals surface area contributed by atoms with Crippen molar-refractivity contribution in [2.75, 3.05) is 30.9 Å². The molecule has 1 aromatic carbocycles. The van der Waals surface area contributed by atoms with Gasteiger partial charge in [-0.2, -0.15) is 0 Å². The molecule has 2 rings (SSSR count). The predicted molar refractivity (Wildman–Crippen MR) is 75.1 cm³/mol. The first kappa shape index (κ1) is 13.4. The van der Waals surface area contributed by atoms with Crippen LogP contribution < -0.4 is 15.5 Å². The minimum atomic E-state index is -0.662. The molecule has 2 N–H and O–H groups in total. The van der Waals surface area contributed by atoms with E-state index >= 15 is 0 Å². The summed E-state index contributed by atoms with van der Waals surface area (Å²) in [5.41, 5.74) is 1.10. The molecular weight excluding hydrogens is 242 g/mol. The Bertz CT molecular complexity index is 513. The highest BCUT2D eigenvalue weighted by Gasteiger charge is 2.40. The molecule has 5 nitrogen and oxygen atoms in total. The van der Waals surface area contributed by atoms with Gasteiger partial charge < -0.3 is 15.5 Å². The highest BCUT2D eigenvalue weighted by molar-refractivity contribution is 6.00. The number of nitrogens with zero attached hydrogens (tertiary/aromatic N) is 1. The molecule has 1 aromatic rings. The minimum Gasteiger partial charge on any atom is -0.378 e. The first-order chi connectivity index (χ1) is 8.90. The number of hydrogen-bond donors (Lipinski definition) is 2. The zero-order valence-electron chi connectivity index (χ0n) is 11.5. The third-order valence-electron chi connectivity index (χ3n) is 3.40. The molecule has 0 spiro atoms. The topological polar surface area (TPSA) is 61.4 Å². The van der Waals surface area contributed by atoms with Gasteiger partial charge in [-0.1, -0.05) is 6.07 Å². The van der Waals surface area contributed by atoms with Crippen molar-refractivity contribution in [3.05, 3.63) is 24.3 Å². The summed E-state index contributed by atoms with van der Waals surface area (Å²) in [6, 6.07) is 7.62. The Balaban J connectivity index is 2.11. The van der Waals surface area contributed by atoms with Crippen molar-refractivity contribution in [1.29, 1.82) is 0 Å². The summed E-state index contributed by atoms with van der Waals surface area (Å²) in [5, 5.41) is 5.58. The van der Waals surface area contributed by atoms with Crippen LogP contribution in [-0.4, -0.2) is 32.5 Å². The number of hydrogen-bond acceptors (Lipinski definition) is 3. The minimum absolute atomic E-state index is 0.0697. The summed E-state index contributed by atoms with van der Waals surface area (Å²) >= 11 is 0. The van der Waals surface area contributed by atoms with E-state index in [4.69, 9.17) is 0 Å². The molecule has 0 saturated carbocycles. The molecule has 1 aliphatic heterocycles. The van der Waals surface area contributed by atoms with E-state index in [-0.39, 0.29) is 18.2 Å². The fourth-order valence-electron chi connectivity index (χ4n) is 2.08. The van der Waals surface area contributed by atoms with Gasteiger partial charge in [0.2, 0.25) is 11.8 Å². The summed E-state index contributed by atoms with van der Waals surface area (Å²) in [4.78, 5) is 25.5. The molecule has 1 fully saturated rings. The predicted octanol–water partition coefficient (Wildman–Crippen LogP) is 1.22. The van der Waals surface area contributed by atoms with Crippen molar-refractivity contribution in [2.45, 2.75) is 13.3 Å². The van der Waals surface area contributed by atoms with Crippen molar-refractivity contribution in [3.8, 4) is 0 Å². The van der Waals surface area contributed by atoms with Crippen LogP contribution in [0, 0.1) is 5.41 Å². The number of nitrogens with one attached hydrogen (secondary N) is 2. The Morgan fingerprint density at radius 1 is 1.42 bits per heavy atom. The quantitative estimate of drug-likeness (QED) is 0.860. The number of benzene rings is 1. The van der Waals surface area contributed by atoms with Crippen LogP contribution in [0.2, 0.25) is 0 Å². The summed E-state index contributed by atoms with van der Waals surface area (Å²) < 4.78 is 0. The third kappa shape index (κ3) is 2.86. The van der Waals surface area contributed by atoms with E-state index in [1.807, 2.05) is 43.3 Å². The molecule has 1 unspecified atom stereocenters. The van der Waals surface area contributed by atoms with Gasteiger partial charge in [0.25, 0.3) is 0 Å². The van der Waals surface area contributed by atoms with Crippen molar-refractivity contribution >= 4 is 23.2 Å². The maximum absolute atomic E-state index is 12.2. The maximum Gasteiger partial charge on any atom is 0.232 e. The zero-order chi connectivity index (χ0) is 14.0. The van der Waals surface area contributed by atoms with Gasteiger partial charge in [-0.05, 0) is 25.1 Å². The number of anilines is 2. The molecule has 1 heterocycles. The summed E-state index contributed by atoms with van der Waals surface area (Å²) in [5.74, 6) is -0.193. The van der Waals surface area contributed by atoms with Crippen LogP contribution in [0.25, 0.3) is 0 Å². The number of carbonyl (C=O) groups is 2.